The monoisotopic (exact) mass is 417 g/mol. The summed E-state index contributed by atoms with van der Waals surface area (Å²) in [5.41, 5.74) is 0.956. The number of carbonyl (C=O) groups is 3. The molecule has 0 spiro atoms. The van der Waals surface area contributed by atoms with Crippen LogP contribution in [-0.4, -0.2) is 40.6 Å². The molecular formula is C20H24ClN5O3. The van der Waals surface area contributed by atoms with E-state index >= 15 is 0 Å². The Bertz CT molecular complexity index is 876. The van der Waals surface area contributed by atoms with Crippen LogP contribution in [-0.2, 0) is 26.3 Å². The highest BCUT2D eigenvalue weighted by molar-refractivity contribution is 6.03. The highest BCUT2D eigenvalue weighted by Gasteiger charge is 2.42. The van der Waals surface area contributed by atoms with Crippen molar-refractivity contribution in [2.24, 2.45) is 5.92 Å². The maximum absolute atomic E-state index is 13.1. The lowest BCUT2D eigenvalue weighted by Gasteiger charge is -2.36. The summed E-state index contributed by atoms with van der Waals surface area (Å²) in [6.45, 7) is 1.52. The van der Waals surface area contributed by atoms with Gasteiger partial charge in [-0.15, -0.1) is 12.4 Å². The molecule has 2 aliphatic heterocycles. The van der Waals surface area contributed by atoms with Crippen LogP contribution in [0.2, 0.25) is 0 Å². The van der Waals surface area contributed by atoms with Gasteiger partial charge in [0.15, 0.2) is 0 Å². The Morgan fingerprint density at radius 1 is 1.21 bits per heavy atom. The first kappa shape index (κ1) is 21.0. The summed E-state index contributed by atoms with van der Waals surface area (Å²) < 4.78 is 1.76. The van der Waals surface area contributed by atoms with Crippen LogP contribution >= 0.6 is 12.4 Å². The Morgan fingerprint density at radius 3 is 2.52 bits per heavy atom. The Hall–Kier alpha value is -2.71. The molecule has 154 valence electrons. The molecular weight excluding hydrogens is 394 g/mol. The fraction of sp³-hybridized carbons (Fsp3) is 0.400. The average Bonchev–Trinajstić information content (AvgIpc) is 3.34. The van der Waals surface area contributed by atoms with Crippen molar-refractivity contribution in [2.75, 3.05) is 18.4 Å². The van der Waals surface area contributed by atoms with Gasteiger partial charge in [-0.3, -0.25) is 24.4 Å². The number of rotatable bonds is 5. The van der Waals surface area contributed by atoms with Crippen molar-refractivity contribution < 1.29 is 14.4 Å². The molecule has 4 rings (SSSR count). The summed E-state index contributed by atoms with van der Waals surface area (Å²) >= 11 is 0. The molecule has 0 aliphatic carbocycles. The molecule has 2 aliphatic rings. The number of imide groups is 1. The summed E-state index contributed by atoms with van der Waals surface area (Å²) in [4.78, 5) is 36.2. The minimum atomic E-state index is -0.699. The van der Waals surface area contributed by atoms with Gasteiger partial charge in [0, 0.05) is 24.5 Å². The van der Waals surface area contributed by atoms with Gasteiger partial charge < -0.3 is 10.6 Å². The second-order valence-corrected chi connectivity index (χ2v) is 7.40. The minimum absolute atomic E-state index is 0. The lowest BCUT2D eigenvalue weighted by molar-refractivity contribution is -0.127. The van der Waals surface area contributed by atoms with Crippen molar-refractivity contribution in [1.29, 1.82) is 0 Å². The van der Waals surface area contributed by atoms with Gasteiger partial charge >= 0.3 is 0 Å². The van der Waals surface area contributed by atoms with Crippen LogP contribution in [0.3, 0.4) is 0 Å². The number of nitrogens with zero attached hydrogens (tertiary/aromatic N) is 2. The molecule has 1 atom stereocenters. The van der Waals surface area contributed by atoms with E-state index in [0.29, 0.717) is 24.9 Å². The first-order chi connectivity index (χ1) is 13.6. The highest BCUT2D eigenvalue weighted by Crippen LogP contribution is 2.29. The number of nitrogens with one attached hydrogen (secondary N) is 3. The average molecular weight is 418 g/mol. The highest BCUT2D eigenvalue weighted by atomic mass is 35.5. The van der Waals surface area contributed by atoms with Gasteiger partial charge in [-0.2, -0.15) is 5.10 Å². The minimum Gasteiger partial charge on any atom is -0.324 e. The number of hydrogen-bond donors (Lipinski definition) is 3. The third-order valence-electron chi connectivity index (χ3n) is 5.56. The zero-order chi connectivity index (χ0) is 19.6. The van der Waals surface area contributed by atoms with E-state index in [2.05, 4.69) is 21.0 Å². The molecule has 1 aromatic carbocycles. The van der Waals surface area contributed by atoms with E-state index in [1.807, 2.05) is 36.5 Å². The van der Waals surface area contributed by atoms with Gasteiger partial charge in [-0.1, -0.05) is 12.1 Å². The Balaban J connectivity index is 0.00000240. The van der Waals surface area contributed by atoms with Crippen LogP contribution in [0.5, 0.6) is 0 Å². The smallest absolute Gasteiger partial charge is 0.252 e. The predicted molar refractivity (Wildman–Crippen MR) is 110 cm³/mol. The fourth-order valence-corrected chi connectivity index (χ4v) is 3.95. The van der Waals surface area contributed by atoms with E-state index in [1.54, 1.807) is 10.9 Å². The van der Waals surface area contributed by atoms with E-state index in [-0.39, 0.29) is 42.5 Å². The van der Waals surface area contributed by atoms with Crippen LogP contribution in [0.4, 0.5) is 5.69 Å². The van der Waals surface area contributed by atoms with Gasteiger partial charge in [-0.25, -0.2) is 0 Å². The van der Waals surface area contributed by atoms with Crippen molar-refractivity contribution in [3.63, 3.8) is 0 Å². The third kappa shape index (κ3) is 4.33. The number of halogens is 1. The topological polar surface area (TPSA) is 105 Å². The number of amides is 3. The Morgan fingerprint density at radius 2 is 1.93 bits per heavy atom. The Labute approximate surface area is 174 Å². The van der Waals surface area contributed by atoms with Gasteiger partial charge in [-0.05, 0) is 56.1 Å². The molecule has 29 heavy (non-hydrogen) atoms. The number of carbonyl (C=O) groups excluding carboxylic acids is 3. The number of piperidine rings is 1. The normalized spacial score (nSPS) is 20.6. The molecule has 2 saturated heterocycles. The lowest BCUT2D eigenvalue weighted by atomic mass is 9.87. The quantitative estimate of drug-likeness (QED) is 0.634. The summed E-state index contributed by atoms with van der Waals surface area (Å²) in [6.07, 6.45) is 5.61. The molecule has 2 fully saturated rings. The molecule has 1 aromatic heterocycles. The maximum Gasteiger partial charge on any atom is 0.252 e. The molecule has 2 aromatic rings. The van der Waals surface area contributed by atoms with Crippen LogP contribution in [0.15, 0.2) is 42.7 Å². The number of benzene rings is 1. The Kier molecular flexibility index (Phi) is 6.34. The SMILES string of the molecule is Cl.O=C1CC(Cc2ccc(NC(=O)C3(n4cccn4)CCNCC3)cc2)C(=O)N1. The van der Waals surface area contributed by atoms with Crippen molar-refractivity contribution >= 4 is 35.8 Å². The van der Waals surface area contributed by atoms with Gasteiger partial charge in [0.1, 0.15) is 5.54 Å². The predicted octanol–water partition coefficient (Wildman–Crippen LogP) is 1.23. The van der Waals surface area contributed by atoms with Gasteiger partial charge in [0.25, 0.3) is 5.91 Å². The zero-order valence-electron chi connectivity index (χ0n) is 15.9. The van der Waals surface area contributed by atoms with Crippen LogP contribution in [0, 0.1) is 5.92 Å². The standard InChI is InChI=1S/C20H23N5O3.ClH/c26-17-13-15(18(27)24-17)12-14-2-4-16(5-3-14)23-19(28)20(6-9-21-10-7-20)25-11-1-8-22-25;/h1-5,8,11,15,21H,6-7,9-10,12-13H2,(H,23,28)(H,24,26,27);1H. The molecule has 0 saturated carbocycles. The van der Waals surface area contributed by atoms with E-state index in [0.717, 1.165) is 18.7 Å². The van der Waals surface area contributed by atoms with Gasteiger partial charge in [0.05, 0.1) is 5.92 Å². The van der Waals surface area contributed by atoms with Gasteiger partial charge in [0.2, 0.25) is 11.8 Å². The molecule has 8 nitrogen and oxygen atoms in total. The molecule has 1 unspecified atom stereocenters. The van der Waals surface area contributed by atoms with Crippen molar-refractivity contribution in [1.82, 2.24) is 20.4 Å². The lowest BCUT2D eigenvalue weighted by Crippen LogP contribution is -2.52. The third-order valence-corrected chi connectivity index (χ3v) is 5.56. The van der Waals surface area contributed by atoms with Crippen molar-refractivity contribution in [2.45, 2.75) is 31.2 Å². The second-order valence-electron chi connectivity index (χ2n) is 7.40. The first-order valence-electron chi connectivity index (χ1n) is 9.52. The van der Waals surface area contributed by atoms with Crippen LogP contribution < -0.4 is 16.0 Å². The van der Waals surface area contributed by atoms with Crippen LogP contribution in [0.1, 0.15) is 24.8 Å². The molecule has 9 heteroatoms. The summed E-state index contributed by atoms with van der Waals surface area (Å²) in [5.74, 6) is -0.823. The number of anilines is 1. The van der Waals surface area contributed by atoms with Crippen LogP contribution in [0.25, 0.3) is 0 Å². The van der Waals surface area contributed by atoms with E-state index in [1.165, 1.54) is 0 Å². The van der Waals surface area contributed by atoms with E-state index in [4.69, 9.17) is 0 Å². The summed E-state index contributed by atoms with van der Waals surface area (Å²) in [7, 11) is 0. The van der Waals surface area contributed by atoms with Crippen molar-refractivity contribution in [3.8, 4) is 0 Å². The van der Waals surface area contributed by atoms with E-state index in [9.17, 15) is 14.4 Å². The first-order valence-corrected chi connectivity index (χ1v) is 9.52. The van der Waals surface area contributed by atoms with E-state index < -0.39 is 5.54 Å². The number of hydrogen-bond acceptors (Lipinski definition) is 5. The molecule has 3 heterocycles. The number of aromatic nitrogens is 2. The maximum atomic E-state index is 13.1. The molecule has 3 N–H and O–H groups in total. The molecule has 0 bridgehead atoms. The van der Waals surface area contributed by atoms with Crippen molar-refractivity contribution in [3.05, 3.63) is 48.3 Å². The fourth-order valence-electron chi connectivity index (χ4n) is 3.95. The summed E-state index contributed by atoms with van der Waals surface area (Å²) in [5, 5.41) is 13.0. The second kappa shape index (κ2) is 8.75. The summed E-state index contributed by atoms with van der Waals surface area (Å²) in [6, 6.07) is 9.26. The largest absolute Gasteiger partial charge is 0.324 e. The zero-order valence-corrected chi connectivity index (χ0v) is 16.7. The molecule has 0 radical (unpaired) electrons. The molecule has 3 amide bonds.